The molecule has 7 heteroatoms. The zero-order chi connectivity index (χ0) is 19.6. The quantitative estimate of drug-likeness (QED) is 0.753. The molecule has 0 spiro atoms. The van der Waals surface area contributed by atoms with Crippen LogP contribution in [0.4, 0.5) is 0 Å². The first-order chi connectivity index (χ1) is 13.0. The zero-order valence-corrected chi connectivity index (χ0v) is 15.4. The molecular formula is C20H21NO6. The molecule has 2 aromatic rings. The van der Waals surface area contributed by atoms with Crippen LogP contribution in [0.15, 0.2) is 52.1 Å². The van der Waals surface area contributed by atoms with Crippen LogP contribution < -0.4 is 4.74 Å². The summed E-state index contributed by atoms with van der Waals surface area (Å²) in [6.07, 6.45) is 0. The molecule has 1 aromatic carbocycles. The van der Waals surface area contributed by atoms with E-state index < -0.39 is 23.5 Å². The van der Waals surface area contributed by atoms with Crippen LogP contribution in [0.25, 0.3) is 0 Å². The third-order valence-electron chi connectivity index (χ3n) is 4.46. The third-order valence-corrected chi connectivity index (χ3v) is 4.46. The highest BCUT2D eigenvalue weighted by atomic mass is 16.5. The third kappa shape index (κ3) is 3.46. The van der Waals surface area contributed by atoms with Crippen molar-refractivity contribution in [2.24, 2.45) is 0 Å². The molecule has 2 heterocycles. The number of hydrogen-bond donors (Lipinski definition) is 1. The van der Waals surface area contributed by atoms with Gasteiger partial charge in [-0.2, -0.15) is 0 Å². The first-order valence-corrected chi connectivity index (χ1v) is 8.46. The molecule has 0 unspecified atom stereocenters. The molecule has 1 N–H and O–H groups in total. The summed E-state index contributed by atoms with van der Waals surface area (Å²) in [5, 5.41) is 10.5. The number of carbonyl (C=O) groups excluding carboxylic acids is 2. The molecule has 0 aliphatic carbocycles. The van der Waals surface area contributed by atoms with E-state index in [4.69, 9.17) is 13.9 Å². The Labute approximate surface area is 156 Å². The van der Waals surface area contributed by atoms with Crippen LogP contribution >= 0.6 is 0 Å². The van der Waals surface area contributed by atoms with E-state index in [1.54, 1.807) is 37.3 Å². The lowest BCUT2D eigenvalue weighted by Gasteiger charge is -2.26. The highest BCUT2D eigenvalue weighted by Crippen LogP contribution is 2.39. The number of furan rings is 1. The van der Waals surface area contributed by atoms with Crippen molar-refractivity contribution < 1.29 is 28.6 Å². The molecule has 1 aliphatic rings. The maximum absolute atomic E-state index is 13.0. The van der Waals surface area contributed by atoms with Crippen molar-refractivity contribution in [2.75, 3.05) is 27.4 Å². The summed E-state index contributed by atoms with van der Waals surface area (Å²) in [6.45, 7) is 2.20. The molecule has 3 rings (SSSR count). The summed E-state index contributed by atoms with van der Waals surface area (Å²) in [5.41, 5.74) is 0.633. The largest absolute Gasteiger partial charge is 0.503 e. The molecule has 0 radical (unpaired) electrons. The number of nitrogens with zero attached hydrogens (tertiary/aromatic N) is 1. The van der Waals surface area contributed by atoms with Crippen molar-refractivity contribution in [1.82, 2.24) is 4.90 Å². The zero-order valence-electron chi connectivity index (χ0n) is 15.4. The number of aliphatic hydroxyl groups excluding tert-OH is 1. The van der Waals surface area contributed by atoms with E-state index in [9.17, 15) is 14.7 Å². The van der Waals surface area contributed by atoms with Crippen molar-refractivity contribution in [3.8, 4) is 5.75 Å². The first kappa shape index (κ1) is 18.7. The number of rotatable bonds is 7. The van der Waals surface area contributed by atoms with Gasteiger partial charge in [0, 0.05) is 13.7 Å². The Hall–Kier alpha value is -3.06. The summed E-state index contributed by atoms with van der Waals surface area (Å²) in [6, 6.07) is 9.47. The summed E-state index contributed by atoms with van der Waals surface area (Å²) < 4.78 is 15.7. The van der Waals surface area contributed by atoms with Crippen molar-refractivity contribution >= 4 is 11.7 Å². The highest BCUT2D eigenvalue weighted by molar-refractivity contribution is 6.15. The predicted octanol–water partition coefficient (Wildman–Crippen LogP) is 2.82. The summed E-state index contributed by atoms with van der Waals surface area (Å²) in [7, 11) is 3.05. The molecule has 0 fully saturated rings. The van der Waals surface area contributed by atoms with Gasteiger partial charge in [-0.15, -0.1) is 0 Å². The average molecular weight is 371 g/mol. The molecule has 1 aliphatic heterocycles. The van der Waals surface area contributed by atoms with Crippen molar-refractivity contribution in [2.45, 2.75) is 13.0 Å². The van der Waals surface area contributed by atoms with Gasteiger partial charge in [-0.25, -0.2) is 0 Å². The Kier molecular flexibility index (Phi) is 5.32. The van der Waals surface area contributed by atoms with E-state index in [1.165, 1.54) is 25.2 Å². The molecule has 7 nitrogen and oxygen atoms in total. The van der Waals surface area contributed by atoms with E-state index in [2.05, 4.69) is 0 Å². The van der Waals surface area contributed by atoms with Gasteiger partial charge < -0.3 is 23.9 Å². The maximum atomic E-state index is 13.0. The van der Waals surface area contributed by atoms with E-state index in [0.717, 1.165) is 0 Å². The topological polar surface area (TPSA) is 89.2 Å². The summed E-state index contributed by atoms with van der Waals surface area (Å²) in [4.78, 5) is 27.1. The number of carbonyl (C=O) groups is 2. The number of aryl methyl sites for hydroxylation is 1. The van der Waals surface area contributed by atoms with Crippen LogP contribution in [0, 0.1) is 6.92 Å². The van der Waals surface area contributed by atoms with Crippen molar-refractivity contribution in [3.63, 3.8) is 0 Å². The second kappa shape index (κ2) is 7.67. The van der Waals surface area contributed by atoms with Crippen LogP contribution in [-0.2, 0) is 9.53 Å². The summed E-state index contributed by atoms with van der Waals surface area (Å²) >= 11 is 0. The average Bonchev–Trinajstić information content (AvgIpc) is 3.22. The van der Waals surface area contributed by atoms with Crippen molar-refractivity contribution in [1.29, 1.82) is 0 Å². The molecule has 1 amide bonds. The van der Waals surface area contributed by atoms with Gasteiger partial charge in [0.25, 0.3) is 5.91 Å². The van der Waals surface area contributed by atoms with Crippen LogP contribution in [0.2, 0.25) is 0 Å². The maximum Gasteiger partial charge on any atom is 0.290 e. The molecule has 0 saturated carbocycles. The molecule has 0 saturated heterocycles. The molecule has 1 aromatic heterocycles. The first-order valence-electron chi connectivity index (χ1n) is 8.46. The number of hydrogen-bond acceptors (Lipinski definition) is 6. The lowest BCUT2D eigenvalue weighted by Crippen LogP contribution is -2.34. The Morgan fingerprint density at radius 2 is 2.04 bits per heavy atom. The van der Waals surface area contributed by atoms with E-state index in [-0.39, 0.29) is 24.5 Å². The Balaban J connectivity index is 2.09. The Morgan fingerprint density at radius 1 is 1.26 bits per heavy atom. The number of ether oxygens (including phenoxy) is 2. The number of aliphatic hydroxyl groups is 1. The number of methoxy groups -OCH3 is 2. The lowest BCUT2D eigenvalue weighted by molar-refractivity contribution is -0.130. The minimum atomic E-state index is -0.763. The molecular weight excluding hydrogens is 350 g/mol. The molecule has 27 heavy (non-hydrogen) atoms. The van der Waals surface area contributed by atoms with Gasteiger partial charge in [-0.1, -0.05) is 12.1 Å². The standard InChI is InChI=1S/C20H21NO6/c1-12-7-8-15(27-12)18(22)16-17(13-5-4-6-14(11-13)26-3)21(9-10-25-2)20(24)19(16)23/h4-8,11,17,23H,9-10H2,1-3H3/t17-/m1/s1. The second-order valence-corrected chi connectivity index (χ2v) is 6.17. The minimum absolute atomic E-state index is 0.0151. The number of Topliss-reactive ketones (excluding diaryl/α,β-unsaturated/α-hetero) is 1. The van der Waals surface area contributed by atoms with Crippen LogP contribution in [0.5, 0.6) is 5.75 Å². The van der Waals surface area contributed by atoms with Crippen molar-refractivity contribution in [3.05, 3.63) is 64.8 Å². The lowest BCUT2D eigenvalue weighted by atomic mass is 9.95. The second-order valence-electron chi connectivity index (χ2n) is 6.17. The molecule has 1 atom stereocenters. The van der Waals surface area contributed by atoms with Crippen LogP contribution in [-0.4, -0.2) is 49.1 Å². The SMILES string of the molecule is COCCN1C(=O)C(O)=C(C(=O)c2ccc(C)o2)[C@H]1c1cccc(OC)c1. The van der Waals surface area contributed by atoms with Gasteiger partial charge >= 0.3 is 0 Å². The van der Waals surface area contributed by atoms with Crippen LogP contribution in [0.1, 0.15) is 27.9 Å². The number of benzene rings is 1. The van der Waals surface area contributed by atoms with Crippen LogP contribution in [0.3, 0.4) is 0 Å². The van der Waals surface area contributed by atoms with Gasteiger partial charge in [0.1, 0.15) is 11.5 Å². The predicted molar refractivity (Wildman–Crippen MR) is 96.8 cm³/mol. The van der Waals surface area contributed by atoms with Gasteiger partial charge in [0.2, 0.25) is 5.78 Å². The number of amides is 1. The fourth-order valence-electron chi connectivity index (χ4n) is 3.15. The van der Waals surface area contributed by atoms with Gasteiger partial charge in [-0.3, -0.25) is 9.59 Å². The Bertz CT molecular complexity index is 897. The fourth-order valence-corrected chi connectivity index (χ4v) is 3.15. The Morgan fingerprint density at radius 3 is 2.67 bits per heavy atom. The van der Waals surface area contributed by atoms with E-state index in [0.29, 0.717) is 17.1 Å². The van der Waals surface area contributed by atoms with E-state index >= 15 is 0 Å². The summed E-state index contributed by atoms with van der Waals surface area (Å²) in [5.74, 6) is -0.495. The van der Waals surface area contributed by atoms with Gasteiger partial charge in [0.05, 0.1) is 25.3 Å². The molecule has 0 bridgehead atoms. The fraction of sp³-hybridized carbons (Fsp3) is 0.300. The van der Waals surface area contributed by atoms with Gasteiger partial charge in [-0.05, 0) is 36.8 Å². The highest BCUT2D eigenvalue weighted by Gasteiger charge is 2.44. The van der Waals surface area contributed by atoms with E-state index in [1.807, 2.05) is 0 Å². The molecule has 142 valence electrons. The normalized spacial score (nSPS) is 16.9. The smallest absolute Gasteiger partial charge is 0.290 e. The minimum Gasteiger partial charge on any atom is -0.503 e. The van der Waals surface area contributed by atoms with Gasteiger partial charge in [0.15, 0.2) is 11.5 Å². The monoisotopic (exact) mass is 371 g/mol. The number of ketones is 1.